The van der Waals surface area contributed by atoms with Crippen LogP contribution < -0.4 is 10.1 Å². The van der Waals surface area contributed by atoms with Gasteiger partial charge in [0.15, 0.2) is 0 Å². The van der Waals surface area contributed by atoms with Crippen LogP contribution in [0.3, 0.4) is 0 Å². The third-order valence-corrected chi connectivity index (χ3v) is 2.88. The molecule has 116 valence electrons. The number of benzene rings is 1. The highest BCUT2D eigenvalue weighted by atomic mass is 35.5. The van der Waals surface area contributed by atoms with Crippen LogP contribution >= 0.6 is 23.2 Å². The summed E-state index contributed by atoms with van der Waals surface area (Å²) in [6.45, 7) is 0. The largest absolute Gasteiger partial charge is 0.573 e. The summed E-state index contributed by atoms with van der Waals surface area (Å²) in [5.41, 5.74) is 0.144. The molecule has 0 unspecified atom stereocenters. The third-order valence-electron chi connectivity index (χ3n) is 2.38. The number of nitrogens with zero attached hydrogens (tertiary/aromatic N) is 1. The summed E-state index contributed by atoms with van der Waals surface area (Å²) < 4.78 is 40.2. The molecule has 1 aromatic carbocycles. The zero-order valence-electron chi connectivity index (χ0n) is 10.6. The molecule has 0 fully saturated rings. The van der Waals surface area contributed by atoms with E-state index in [-0.39, 0.29) is 21.6 Å². The van der Waals surface area contributed by atoms with Crippen molar-refractivity contribution in [3.8, 4) is 5.75 Å². The molecule has 2 aromatic rings. The number of ether oxygens (including phenoxy) is 1. The van der Waals surface area contributed by atoms with E-state index in [0.29, 0.717) is 0 Å². The van der Waals surface area contributed by atoms with Crippen LogP contribution in [0.2, 0.25) is 10.3 Å². The average Bonchev–Trinajstić information content (AvgIpc) is 2.36. The van der Waals surface area contributed by atoms with Gasteiger partial charge in [-0.1, -0.05) is 29.3 Å². The Morgan fingerprint density at radius 1 is 1.18 bits per heavy atom. The fraction of sp³-hybridized carbons (Fsp3) is 0.0769. The Hall–Kier alpha value is -1.99. The van der Waals surface area contributed by atoms with Crippen LogP contribution in [0, 0.1) is 0 Å². The van der Waals surface area contributed by atoms with Crippen molar-refractivity contribution >= 4 is 34.8 Å². The molecule has 1 heterocycles. The zero-order chi connectivity index (χ0) is 16.3. The molecule has 0 atom stereocenters. The van der Waals surface area contributed by atoms with Crippen LogP contribution in [-0.2, 0) is 0 Å². The van der Waals surface area contributed by atoms with Crippen molar-refractivity contribution in [3.63, 3.8) is 0 Å². The van der Waals surface area contributed by atoms with Gasteiger partial charge in [-0.05, 0) is 24.3 Å². The number of hydrogen-bond donors (Lipinski definition) is 1. The average molecular weight is 351 g/mol. The molecule has 1 aromatic heterocycles. The van der Waals surface area contributed by atoms with Crippen LogP contribution in [0.4, 0.5) is 18.9 Å². The van der Waals surface area contributed by atoms with Gasteiger partial charge in [0.1, 0.15) is 16.1 Å². The van der Waals surface area contributed by atoms with Crippen molar-refractivity contribution in [2.24, 2.45) is 0 Å². The zero-order valence-corrected chi connectivity index (χ0v) is 12.1. The molecular weight excluding hydrogens is 344 g/mol. The first-order valence-corrected chi connectivity index (χ1v) is 6.49. The fourth-order valence-corrected chi connectivity index (χ4v) is 1.98. The monoisotopic (exact) mass is 350 g/mol. The van der Waals surface area contributed by atoms with Crippen LogP contribution in [0.5, 0.6) is 5.75 Å². The van der Waals surface area contributed by atoms with Crippen LogP contribution in [0.15, 0.2) is 36.4 Å². The third kappa shape index (κ3) is 4.51. The Balaban J connectivity index is 2.16. The number of alkyl halides is 3. The first-order valence-electron chi connectivity index (χ1n) is 5.74. The lowest BCUT2D eigenvalue weighted by Gasteiger charge is -2.11. The number of aromatic nitrogens is 1. The molecule has 4 nitrogen and oxygen atoms in total. The van der Waals surface area contributed by atoms with Crippen molar-refractivity contribution in [3.05, 3.63) is 52.3 Å². The van der Waals surface area contributed by atoms with Gasteiger partial charge < -0.3 is 10.1 Å². The quantitative estimate of drug-likeness (QED) is 0.826. The van der Waals surface area contributed by atoms with E-state index in [9.17, 15) is 18.0 Å². The molecule has 0 aliphatic carbocycles. The number of hydrogen-bond acceptors (Lipinski definition) is 3. The number of amides is 1. The lowest BCUT2D eigenvalue weighted by molar-refractivity contribution is -0.274. The maximum atomic E-state index is 12.1. The van der Waals surface area contributed by atoms with Gasteiger partial charge in [0.25, 0.3) is 5.91 Å². The van der Waals surface area contributed by atoms with E-state index in [1.165, 1.54) is 24.3 Å². The van der Waals surface area contributed by atoms with Gasteiger partial charge in [-0.25, -0.2) is 4.98 Å². The topological polar surface area (TPSA) is 51.2 Å². The van der Waals surface area contributed by atoms with Crippen LogP contribution in [0.25, 0.3) is 0 Å². The van der Waals surface area contributed by atoms with E-state index in [4.69, 9.17) is 23.2 Å². The highest BCUT2D eigenvalue weighted by Gasteiger charge is 2.31. The second-order valence-corrected chi connectivity index (χ2v) is 4.75. The minimum absolute atomic E-state index is 0.0354. The number of pyridine rings is 1. The maximum absolute atomic E-state index is 12.1. The second kappa shape index (κ2) is 6.41. The van der Waals surface area contributed by atoms with Crippen molar-refractivity contribution in [1.29, 1.82) is 0 Å². The smallest absolute Gasteiger partial charge is 0.406 e. The van der Waals surface area contributed by atoms with Crippen LogP contribution in [-0.4, -0.2) is 17.3 Å². The SMILES string of the molecule is O=C(Nc1cccc(OC(F)(F)F)c1)c1ccc(Cl)nc1Cl. The van der Waals surface area contributed by atoms with Crippen molar-refractivity contribution < 1.29 is 22.7 Å². The van der Waals surface area contributed by atoms with Gasteiger partial charge >= 0.3 is 6.36 Å². The number of anilines is 1. The Morgan fingerprint density at radius 2 is 1.91 bits per heavy atom. The number of carbonyl (C=O) groups excluding carboxylic acids is 1. The molecular formula is C13H7Cl2F3N2O2. The maximum Gasteiger partial charge on any atom is 0.573 e. The molecule has 9 heteroatoms. The minimum atomic E-state index is -4.81. The van der Waals surface area contributed by atoms with Gasteiger partial charge in [0.05, 0.1) is 5.56 Å². The first kappa shape index (κ1) is 16.4. The van der Waals surface area contributed by atoms with E-state index >= 15 is 0 Å². The van der Waals surface area contributed by atoms with Gasteiger partial charge in [-0.2, -0.15) is 0 Å². The van der Waals surface area contributed by atoms with Gasteiger partial charge in [-0.3, -0.25) is 4.79 Å². The van der Waals surface area contributed by atoms with E-state index in [2.05, 4.69) is 15.0 Å². The Labute approximate surface area is 132 Å². The van der Waals surface area contributed by atoms with E-state index in [1.54, 1.807) is 0 Å². The van der Waals surface area contributed by atoms with Gasteiger partial charge in [0, 0.05) is 11.8 Å². The summed E-state index contributed by atoms with van der Waals surface area (Å²) in [4.78, 5) is 15.7. The summed E-state index contributed by atoms with van der Waals surface area (Å²) >= 11 is 11.4. The fourth-order valence-electron chi connectivity index (χ4n) is 1.55. The van der Waals surface area contributed by atoms with Crippen molar-refractivity contribution in [2.75, 3.05) is 5.32 Å². The summed E-state index contributed by atoms with van der Waals surface area (Å²) in [5, 5.41) is 2.39. The minimum Gasteiger partial charge on any atom is -0.406 e. The standard InChI is InChI=1S/C13H7Cl2F3N2O2/c14-10-5-4-9(11(15)20-10)12(21)19-7-2-1-3-8(6-7)22-13(16,17)18/h1-6H,(H,19,21). The Bertz CT molecular complexity index is 708. The molecule has 2 rings (SSSR count). The lowest BCUT2D eigenvalue weighted by Crippen LogP contribution is -2.17. The number of nitrogens with one attached hydrogen (secondary N) is 1. The van der Waals surface area contributed by atoms with Crippen LogP contribution in [0.1, 0.15) is 10.4 Å². The van der Waals surface area contributed by atoms with Crippen molar-refractivity contribution in [1.82, 2.24) is 4.98 Å². The molecule has 1 amide bonds. The predicted octanol–water partition coefficient (Wildman–Crippen LogP) is 4.54. The normalized spacial score (nSPS) is 11.1. The summed E-state index contributed by atoms with van der Waals surface area (Å²) in [6.07, 6.45) is -4.81. The molecule has 0 bridgehead atoms. The van der Waals surface area contributed by atoms with E-state index < -0.39 is 18.0 Å². The Morgan fingerprint density at radius 3 is 2.55 bits per heavy atom. The van der Waals surface area contributed by atoms with Crippen molar-refractivity contribution in [2.45, 2.75) is 6.36 Å². The summed E-state index contributed by atoms with van der Waals surface area (Å²) in [5.74, 6) is -1.09. The highest BCUT2D eigenvalue weighted by Crippen LogP contribution is 2.25. The summed E-state index contributed by atoms with van der Waals surface area (Å²) in [7, 11) is 0. The molecule has 22 heavy (non-hydrogen) atoms. The van der Waals surface area contributed by atoms with Gasteiger partial charge in [0.2, 0.25) is 0 Å². The predicted molar refractivity (Wildman–Crippen MR) is 75.3 cm³/mol. The second-order valence-electron chi connectivity index (χ2n) is 4.00. The van der Waals surface area contributed by atoms with E-state index in [0.717, 1.165) is 12.1 Å². The first-order chi connectivity index (χ1) is 10.2. The highest BCUT2D eigenvalue weighted by molar-refractivity contribution is 6.35. The Kier molecular flexibility index (Phi) is 4.77. The molecule has 0 radical (unpaired) electrons. The molecule has 0 spiro atoms. The number of halogens is 5. The van der Waals surface area contributed by atoms with Gasteiger partial charge in [-0.15, -0.1) is 13.2 Å². The molecule has 0 aliphatic rings. The number of carbonyl (C=O) groups is 1. The molecule has 0 saturated carbocycles. The number of rotatable bonds is 3. The molecule has 1 N–H and O–H groups in total. The molecule has 0 saturated heterocycles. The van der Waals surface area contributed by atoms with E-state index in [1.807, 2.05) is 0 Å². The summed E-state index contributed by atoms with van der Waals surface area (Å²) in [6, 6.07) is 7.56. The molecule has 0 aliphatic heterocycles. The lowest BCUT2D eigenvalue weighted by atomic mass is 10.2.